The molecule has 0 unspecified atom stereocenters. The third-order valence-electron chi connectivity index (χ3n) is 2.17. The average molecular weight is 424 g/mol. The van der Waals surface area contributed by atoms with E-state index < -0.39 is 0 Å². The molecule has 88 valence electrons. The number of carbonyl (C=O) groups excluding carboxylic acids is 1. The van der Waals surface area contributed by atoms with Crippen LogP contribution in [0.25, 0.3) is 0 Å². The van der Waals surface area contributed by atoms with Gasteiger partial charge in [-0.15, -0.1) is 0 Å². The van der Waals surface area contributed by atoms with Gasteiger partial charge in [0.1, 0.15) is 5.75 Å². The summed E-state index contributed by atoms with van der Waals surface area (Å²) < 4.78 is 5.18. The van der Waals surface area contributed by atoms with Crippen LogP contribution in [0.15, 0.2) is 60.7 Å². The van der Waals surface area contributed by atoms with E-state index in [1.165, 1.54) is 0 Å². The van der Waals surface area contributed by atoms with Gasteiger partial charge in [-0.1, -0.05) is 48.5 Å². The maximum atomic E-state index is 11.6. The average Bonchev–Trinajstić information content (AvgIpc) is 2.31. The second-order valence-corrected chi connectivity index (χ2v) is 3.45. The molecule has 3 heteroatoms. The molecule has 0 spiro atoms. The first kappa shape index (κ1) is 13.9. The topological polar surface area (TPSA) is 26.3 Å². The summed E-state index contributed by atoms with van der Waals surface area (Å²) in [6.07, 6.45) is 0.301. The molecule has 0 aliphatic rings. The minimum atomic E-state index is -0.239. The van der Waals surface area contributed by atoms with Crippen molar-refractivity contribution in [2.24, 2.45) is 0 Å². The Hall–Kier alpha value is -1.21. The molecule has 0 radical (unpaired) electrons. The van der Waals surface area contributed by atoms with Gasteiger partial charge in [0.2, 0.25) is 0 Å². The van der Waals surface area contributed by atoms with Crippen LogP contribution in [-0.4, -0.2) is 32.2 Å². The fourth-order valence-electron chi connectivity index (χ4n) is 1.42. The van der Waals surface area contributed by atoms with Crippen molar-refractivity contribution in [1.29, 1.82) is 0 Å². The van der Waals surface area contributed by atoms with E-state index in [2.05, 4.69) is 0 Å². The van der Waals surface area contributed by atoms with Gasteiger partial charge in [0.05, 0.1) is 6.42 Å². The Kier molecular flexibility index (Phi) is 5.86. The van der Waals surface area contributed by atoms with Gasteiger partial charge < -0.3 is 4.74 Å². The molecule has 0 saturated carbocycles. The number of hydrogen-bond acceptors (Lipinski definition) is 2. The zero-order valence-corrected chi connectivity index (χ0v) is 15.0. The van der Waals surface area contributed by atoms with E-state index in [9.17, 15) is 4.79 Å². The summed E-state index contributed by atoms with van der Waals surface area (Å²) in [5.41, 5.74) is 0.962. The van der Waals surface area contributed by atoms with Crippen molar-refractivity contribution in [1.82, 2.24) is 0 Å². The van der Waals surface area contributed by atoms with Crippen molar-refractivity contribution >= 4 is 32.2 Å². The fraction of sp³-hybridized carbons (Fsp3) is 0.0714. The van der Waals surface area contributed by atoms with Gasteiger partial charge in [-0.25, -0.2) is 0 Å². The summed E-state index contributed by atoms with van der Waals surface area (Å²) in [5.74, 6) is 0.348. The molecule has 0 amide bonds. The van der Waals surface area contributed by atoms with Crippen molar-refractivity contribution in [2.45, 2.75) is 6.42 Å². The number of rotatable bonds is 3. The third kappa shape index (κ3) is 4.66. The van der Waals surface area contributed by atoms with Gasteiger partial charge in [-0.05, 0) is 17.7 Å². The molecule has 0 aliphatic carbocycles. The Morgan fingerprint density at radius 1 is 0.882 bits per heavy atom. The predicted molar refractivity (Wildman–Crippen MR) is 72.2 cm³/mol. The summed E-state index contributed by atoms with van der Waals surface area (Å²) in [6.45, 7) is 0. The van der Waals surface area contributed by atoms with Gasteiger partial charge in [0, 0.05) is 0 Å². The van der Waals surface area contributed by atoms with E-state index in [1.54, 1.807) is 12.1 Å². The van der Waals surface area contributed by atoms with E-state index in [0.29, 0.717) is 12.2 Å². The third-order valence-corrected chi connectivity index (χ3v) is 2.17. The Morgan fingerprint density at radius 3 is 2.00 bits per heavy atom. The first-order chi connectivity index (χ1) is 7.84. The van der Waals surface area contributed by atoms with Crippen LogP contribution in [0.1, 0.15) is 5.56 Å². The van der Waals surface area contributed by atoms with E-state index in [0.717, 1.165) is 5.56 Å². The molecule has 0 aromatic heterocycles. The fourth-order valence-corrected chi connectivity index (χ4v) is 1.42. The maximum absolute atomic E-state index is 11.6. The number of hydrogen-bond donors (Lipinski definition) is 0. The van der Waals surface area contributed by atoms with E-state index in [1.807, 2.05) is 48.5 Å². The molecular formula is C14H15BiO2. The van der Waals surface area contributed by atoms with Crippen LogP contribution in [0.5, 0.6) is 5.75 Å². The SMILES string of the molecule is O=C(Cc1ccccc1)Oc1ccccc1.[BiH3]. The summed E-state index contributed by atoms with van der Waals surface area (Å²) in [7, 11) is 0. The summed E-state index contributed by atoms with van der Waals surface area (Å²) in [5, 5.41) is 0. The Morgan fingerprint density at radius 2 is 1.41 bits per heavy atom. The monoisotopic (exact) mass is 424 g/mol. The Balaban J connectivity index is 0.00000144. The van der Waals surface area contributed by atoms with Crippen molar-refractivity contribution in [3.63, 3.8) is 0 Å². The van der Waals surface area contributed by atoms with Crippen LogP contribution in [0, 0.1) is 0 Å². The Bertz CT molecular complexity index is 411. The van der Waals surface area contributed by atoms with Crippen molar-refractivity contribution in [3.05, 3.63) is 66.2 Å². The van der Waals surface area contributed by atoms with E-state index >= 15 is 0 Å². The van der Waals surface area contributed by atoms with E-state index in [-0.39, 0.29) is 32.2 Å². The molecule has 0 bridgehead atoms. The molecule has 0 atom stereocenters. The van der Waals surface area contributed by atoms with Gasteiger partial charge in [0.25, 0.3) is 0 Å². The van der Waals surface area contributed by atoms with Crippen LogP contribution >= 0.6 is 0 Å². The molecule has 0 aliphatic heterocycles. The first-order valence-electron chi connectivity index (χ1n) is 5.14. The number of esters is 1. The second-order valence-electron chi connectivity index (χ2n) is 3.45. The molecule has 2 aromatic carbocycles. The van der Waals surface area contributed by atoms with Crippen molar-refractivity contribution in [3.8, 4) is 5.75 Å². The molecule has 0 fully saturated rings. The number of carbonyl (C=O) groups is 1. The van der Waals surface area contributed by atoms with Crippen LogP contribution in [0.2, 0.25) is 0 Å². The van der Waals surface area contributed by atoms with Crippen molar-refractivity contribution < 1.29 is 9.53 Å². The van der Waals surface area contributed by atoms with Gasteiger partial charge in [0.15, 0.2) is 0 Å². The van der Waals surface area contributed by atoms with Crippen LogP contribution < -0.4 is 4.74 Å². The molecule has 0 heterocycles. The molecule has 17 heavy (non-hydrogen) atoms. The van der Waals surface area contributed by atoms with Crippen molar-refractivity contribution in [2.75, 3.05) is 0 Å². The minimum absolute atomic E-state index is 0. The van der Waals surface area contributed by atoms with Crippen LogP contribution in [0.4, 0.5) is 0 Å². The number of para-hydroxylation sites is 1. The standard InChI is InChI=1S/C14H12O2.Bi.3H/c15-14(11-12-7-3-1-4-8-12)16-13-9-5-2-6-10-13;;;;/h1-10H,11H2;;;;. The zero-order valence-electron chi connectivity index (χ0n) is 9.50. The summed E-state index contributed by atoms with van der Waals surface area (Å²) in [6, 6.07) is 18.7. The zero-order chi connectivity index (χ0) is 11.2. The summed E-state index contributed by atoms with van der Waals surface area (Å²) in [4.78, 5) is 11.6. The van der Waals surface area contributed by atoms with E-state index in [4.69, 9.17) is 4.74 Å². The first-order valence-corrected chi connectivity index (χ1v) is 5.14. The number of benzene rings is 2. The summed E-state index contributed by atoms with van der Waals surface area (Å²) >= 11 is 0. The molecule has 2 rings (SSSR count). The van der Waals surface area contributed by atoms with Gasteiger partial charge in [-0.3, -0.25) is 4.79 Å². The molecular weight excluding hydrogens is 409 g/mol. The quantitative estimate of drug-likeness (QED) is 0.426. The Labute approximate surface area is 120 Å². The predicted octanol–water partition coefficient (Wildman–Crippen LogP) is 1.65. The normalized spacial score (nSPS) is 9.18. The van der Waals surface area contributed by atoms with Gasteiger partial charge in [-0.2, -0.15) is 0 Å². The molecule has 0 N–H and O–H groups in total. The van der Waals surface area contributed by atoms with Crippen LogP contribution in [0.3, 0.4) is 0 Å². The van der Waals surface area contributed by atoms with Gasteiger partial charge >= 0.3 is 32.2 Å². The second kappa shape index (κ2) is 7.18. The van der Waals surface area contributed by atoms with Crippen LogP contribution in [-0.2, 0) is 11.2 Å². The molecule has 0 saturated heterocycles. The molecule has 2 aromatic rings. The number of ether oxygens (including phenoxy) is 1. The molecule has 2 nitrogen and oxygen atoms in total.